The SMILES string of the molecule is Cc1ccc2c(c1)N(S(C)(=O)=O)CC[C@@H](C(=O)NC(C)C)O2. The molecular weight excluding hydrogens is 304 g/mol. The number of hydrogen-bond acceptors (Lipinski definition) is 4. The number of ether oxygens (including phenoxy) is 1. The van der Waals surface area contributed by atoms with Gasteiger partial charge in [-0.1, -0.05) is 6.07 Å². The first-order chi connectivity index (χ1) is 10.2. The lowest BCUT2D eigenvalue weighted by Crippen LogP contribution is -2.42. The van der Waals surface area contributed by atoms with Crippen molar-refractivity contribution in [2.45, 2.75) is 39.3 Å². The van der Waals surface area contributed by atoms with Gasteiger partial charge in [0, 0.05) is 19.0 Å². The van der Waals surface area contributed by atoms with Crippen molar-refractivity contribution in [3.8, 4) is 5.75 Å². The molecule has 1 amide bonds. The lowest BCUT2D eigenvalue weighted by molar-refractivity contribution is -0.128. The molecule has 1 heterocycles. The fourth-order valence-corrected chi connectivity index (χ4v) is 3.33. The predicted molar refractivity (Wildman–Crippen MR) is 85.7 cm³/mol. The van der Waals surface area contributed by atoms with Crippen LogP contribution in [0.15, 0.2) is 18.2 Å². The number of aryl methyl sites for hydroxylation is 1. The van der Waals surface area contributed by atoms with Crippen LogP contribution < -0.4 is 14.4 Å². The number of hydrogen-bond donors (Lipinski definition) is 1. The van der Waals surface area contributed by atoms with Crippen molar-refractivity contribution in [2.75, 3.05) is 17.1 Å². The smallest absolute Gasteiger partial charge is 0.261 e. The molecule has 0 aliphatic carbocycles. The van der Waals surface area contributed by atoms with E-state index in [9.17, 15) is 13.2 Å². The first-order valence-corrected chi connectivity index (χ1v) is 9.08. The summed E-state index contributed by atoms with van der Waals surface area (Å²) in [5.74, 6) is 0.189. The first-order valence-electron chi connectivity index (χ1n) is 7.24. The Bertz CT molecular complexity index is 670. The number of nitrogens with zero attached hydrogens (tertiary/aromatic N) is 1. The van der Waals surface area contributed by atoms with E-state index in [1.54, 1.807) is 12.1 Å². The number of sulfonamides is 1. The molecule has 7 heteroatoms. The molecule has 0 saturated heterocycles. The van der Waals surface area contributed by atoms with E-state index >= 15 is 0 Å². The van der Waals surface area contributed by atoms with E-state index in [2.05, 4.69) is 5.32 Å². The summed E-state index contributed by atoms with van der Waals surface area (Å²) < 4.78 is 31.2. The lowest BCUT2D eigenvalue weighted by Gasteiger charge is -2.21. The van der Waals surface area contributed by atoms with E-state index in [-0.39, 0.29) is 18.5 Å². The molecule has 0 radical (unpaired) electrons. The average molecular weight is 326 g/mol. The molecule has 0 fully saturated rings. The van der Waals surface area contributed by atoms with Gasteiger partial charge in [0.05, 0.1) is 11.9 Å². The van der Waals surface area contributed by atoms with Gasteiger partial charge >= 0.3 is 0 Å². The second-order valence-corrected chi connectivity index (χ2v) is 7.77. The Morgan fingerprint density at radius 3 is 2.68 bits per heavy atom. The van der Waals surface area contributed by atoms with Gasteiger partial charge in [-0.25, -0.2) is 8.42 Å². The summed E-state index contributed by atoms with van der Waals surface area (Å²) >= 11 is 0. The van der Waals surface area contributed by atoms with Crippen LogP contribution in [0.25, 0.3) is 0 Å². The number of rotatable bonds is 3. The van der Waals surface area contributed by atoms with Crippen LogP contribution in [0.2, 0.25) is 0 Å². The molecule has 6 nitrogen and oxygen atoms in total. The highest BCUT2D eigenvalue weighted by molar-refractivity contribution is 7.92. The Balaban J connectivity index is 2.38. The Morgan fingerprint density at radius 1 is 1.41 bits per heavy atom. The molecule has 1 aliphatic heterocycles. The summed E-state index contributed by atoms with van der Waals surface area (Å²) in [6, 6.07) is 5.31. The molecule has 0 saturated carbocycles. The molecular formula is C15H22N2O4S. The summed E-state index contributed by atoms with van der Waals surface area (Å²) in [6.45, 7) is 5.84. The van der Waals surface area contributed by atoms with Crippen molar-refractivity contribution in [1.82, 2.24) is 5.32 Å². The van der Waals surface area contributed by atoms with Crippen LogP contribution in [-0.2, 0) is 14.8 Å². The lowest BCUT2D eigenvalue weighted by atomic mass is 10.2. The highest BCUT2D eigenvalue weighted by Crippen LogP contribution is 2.34. The minimum Gasteiger partial charge on any atom is -0.478 e. The average Bonchev–Trinajstić information content (AvgIpc) is 2.56. The molecule has 0 unspecified atom stereocenters. The van der Waals surface area contributed by atoms with Crippen LogP contribution in [0.4, 0.5) is 5.69 Å². The fraction of sp³-hybridized carbons (Fsp3) is 0.533. The molecule has 0 spiro atoms. The van der Waals surface area contributed by atoms with Gasteiger partial charge in [0.15, 0.2) is 6.10 Å². The van der Waals surface area contributed by atoms with Crippen molar-refractivity contribution >= 4 is 21.6 Å². The van der Waals surface area contributed by atoms with Crippen LogP contribution in [0, 0.1) is 6.92 Å². The van der Waals surface area contributed by atoms with Crippen molar-refractivity contribution in [3.63, 3.8) is 0 Å². The van der Waals surface area contributed by atoms with Crippen molar-refractivity contribution in [3.05, 3.63) is 23.8 Å². The van der Waals surface area contributed by atoms with Crippen LogP contribution in [-0.4, -0.2) is 39.3 Å². The number of benzene rings is 1. The number of amides is 1. The second-order valence-electron chi connectivity index (χ2n) is 5.86. The quantitative estimate of drug-likeness (QED) is 0.912. The molecule has 122 valence electrons. The van der Waals surface area contributed by atoms with Gasteiger partial charge in [0.25, 0.3) is 5.91 Å². The monoisotopic (exact) mass is 326 g/mol. The third-order valence-electron chi connectivity index (χ3n) is 3.37. The third-order valence-corrected chi connectivity index (χ3v) is 4.55. The standard InChI is InChI=1S/C15H22N2O4S/c1-10(2)16-15(18)14-7-8-17(22(4,19)20)12-9-11(3)5-6-13(12)21-14/h5-6,9-10,14H,7-8H2,1-4H3,(H,16,18)/t14-/m0/s1. The van der Waals surface area contributed by atoms with E-state index in [0.29, 0.717) is 17.9 Å². The Labute approximate surface area is 131 Å². The van der Waals surface area contributed by atoms with Gasteiger partial charge in [-0.05, 0) is 38.5 Å². The second kappa shape index (κ2) is 6.16. The molecule has 0 aromatic heterocycles. The molecule has 2 rings (SSSR count). The summed E-state index contributed by atoms with van der Waals surface area (Å²) in [4.78, 5) is 12.2. The van der Waals surface area contributed by atoms with Gasteiger partial charge in [-0.2, -0.15) is 0 Å². The van der Waals surface area contributed by atoms with Crippen LogP contribution >= 0.6 is 0 Å². The largest absolute Gasteiger partial charge is 0.478 e. The molecule has 1 aromatic carbocycles. The maximum absolute atomic E-state index is 12.2. The minimum atomic E-state index is -3.43. The van der Waals surface area contributed by atoms with Crippen molar-refractivity contribution in [2.24, 2.45) is 0 Å². The van der Waals surface area contributed by atoms with Gasteiger partial charge in [-0.3, -0.25) is 9.10 Å². The van der Waals surface area contributed by atoms with Crippen LogP contribution in [0.3, 0.4) is 0 Å². The molecule has 22 heavy (non-hydrogen) atoms. The summed E-state index contributed by atoms with van der Waals surface area (Å²) in [5, 5.41) is 2.80. The molecule has 1 aromatic rings. The van der Waals surface area contributed by atoms with Crippen LogP contribution in [0.5, 0.6) is 5.75 Å². The summed E-state index contributed by atoms with van der Waals surface area (Å²) in [6.07, 6.45) is 0.767. The van der Waals surface area contributed by atoms with E-state index < -0.39 is 16.1 Å². The van der Waals surface area contributed by atoms with E-state index in [1.165, 1.54) is 4.31 Å². The number of carbonyl (C=O) groups is 1. The maximum atomic E-state index is 12.2. The Kier molecular flexibility index (Phi) is 4.65. The van der Waals surface area contributed by atoms with Gasteiger partial charge < -0.3 is 10.1 Å². The van der Waals surface area contributed by atoms with Crippen molar-refractivity contribution < 1.29 is 17.9 Å². The zero-order chi connectivity index (χ0) is 16.5. The van der Waals surface area contributed by atoms with Gasteiger partial charge in [0.1, 0.15) is 5.75 Å². The van der Waals surface area contributed by atoms with Crippen LogP contribution in [0.1, 0.15) is 25.8 Å². The highest BCUT2D eigenvalue weighted by atomic mass is 32.2. The number of anilines is 1. The fourth-order valence-electron chi connectivity index (χ4n) is 2.40. The predicted octanol–water partition coefficient (Wildman–Crippen LogP) is 1.44. The number of fused-ring (bicyclic) bond motifs is 1. The highest BCUT2D eigenvalue weighted by Gasteiger charge is 2.31. The third kappa shape index (κ3) is 3.71. The van der Waals surface area contributed by atoms with Gasteiger partial charge in [0.2, 0.25) is 10.0 Å². The van der Waals surface area contributed by atoms with Crippen molar-refractivity contribution in [1.29, 1.82) is 0 Å². The maximum Gasteiger partial charge on any atom is 0.261 e. The van der Waals surface area contributed by atoms with E-state index in [1.807, 2.05) is 26.8 Å². The van der Waals surface area contributed by atoms with Gasteiger partial charge in [-0.15, -0.1) is 0 Å². The first kappa shape index (κ1) is 16.6. The number of carbonyl (C=O) groups excluding carboxylic acids is 1. The summed E-state index contributed by atoms with van der Waals surface area (Å²) in [5.41, 5.74) is 1.42. The molecule has 1 atom stereocenters. The molecule has 0 bridgehead atoms. The Hall–Kier alpha value is -1.76. The molecule has 1 aliphatic rings. The minimum absolute atomic E-state index is 0.00264. The zero-order valence-electron chi connectivity index (χ0n) is 13.3. The zero-order valence-corrected chi connectivity index (χ0v) is 14.1. The Morgan fingerprint density at radius 2 is 2.09 bits per heavy atom. The topological polar surface area (TPSA) is 75.7 Å². The number of nitrogens with one attached hydrogen (secondary N) is 1. The van der Waals surface area contributed by atoms with E-state index in [4.69, 9.17) is 4.74 Å². The molecule has 1 N–H and O–H groups in total. The van der Waals surface area contributed by atoms with E-state index in [0.717, 1.165) is 11.8 Å². The summed E-state index contributed by atoms with van der Waals surface area (Å²) in [7, 11) is -3.43. The normalized spacial score (nSPS) is 18.4.